The van der Waals surface area contributed by atoms with E-state index in [-0.39, 0.29) is 23.5 Å². The molecule has 7 nitrogen and oxygen atoms in total. The Balaban J connectivity index is 3.20. The van der Waals surface area contributed by atoms with Crippen LogP contribution in [0.4, 0.5) is 0 Å². The number of hydrogen-bond donors (Lipinski definition) is 1. The van der Waals surface area contributed by atoms with Crippen molar-refractivity contribution in [1.29, 1.82) is 0 Å². The lowest BCUT2D eigenvalue weighted by Crippen LogP contribution is -2.35. The summed E-state index contributed by atoms with van der Waals surface area (Å²) in [6.45, 7) is 5.69. The largest absolute Gasteiger partial charge is 0.463 e. The molecular formula is C15H23NO6. The van der Waals surface area contributed by atoms with E-state index in [9.17, 15) is 14.4 Å². The Kier molecular flexibility index (Phi) is 7.04. The third-order valence-corrected chi connectivity index (χ3v) is 3.27. The maximum absolute atomic E-state index is 12.0. The van der Waals surface area contributed by atoms with E-state index in [1.54, 1.807) is 13.8 Å². The highest BCUT2D eigenvalue weighted by Crippen LogP contribution is 2.25. The molecule has 1 aliphatic rings. The molecule has 22 heavy (non-hydrogen) atoms. The molecule has 0 unspecified atom stereocenters. The highest BCUT2D eigenvalue weighted by molar-refractivity contribution is 5.91. The van der Waals surface area contributed by atoms with Crippen LogP contribution in [0.1, 0.15) is 33.6 Å². The summed E-state index contributed by atoms with van der Waals surface area (Å²) >= 11 is 0. The molecule has 7 heteroatoms. The lowest BCUT2D eigenvalue weighted by molar-refractivity contribution is -0.149. The molecule has 124 valence electrons. The molecule has 0 saturated carbocycles. The van der Waals surface area contributed by atoms with Crippen LogP contribution in [-0.2, 0) is 28.6 Å². The van der Waals surface area contributed by atoms with Gasteiger partial charge in [0.2, 0.25) is 11.7 Å². The third kappa shape index (κ3) is 5.14. The predicted molar refractivity (Wildman–Crippen MR) is 77.3 cm³/mol. The Hall–Kier alpha value is -1.89. The minimum absolute atomic E-state index is 0.134. The zero-order valence-electron chi connectivity index (χ0n) is 13.4. The number of methoxy groups -OCH3 is 1. The Bertz CT molecular complexity index is 463. The average molecular weight is 313 g/mol. The van der Waals surface area contributed by atoms with Crippen LogP contribution in [0.25, 0.3) is 0 Å². The van der Waals surface area contributed by atoms with E-state index >= 15 is 0 Å². The fraction of sp³-hybridized carbons (Fsp3) is 0.667. The molecule has 1 N–H and O–H groups in total. The maximum atomic E-state index is 12.0. The van der Waals surface area contributed by atoms with Gasteiger partial charge in [-0.2, -0.15) is 0 Å². The molecule has 0 aromatic heterocycles. The van der Waals surface area contributed by atoms with Crippen molar-refractivity contribution in [3.05, 3.63) is 11.5 Å². The number of rotatable bonds is 5. The van der Waals surface area contributed by atoms with Crippen LogP contribution in [0.3, 0.4) is 0 Å². The van der Waals surface area contributed by atoms with Gasteiger partial charge < -0.3 is 19.5 Å². The van der Waals surface area contributed by atoms with Gasteiger partial charge in [0.05, 0.1) is 12.8 Å². The van der Waals surface area contributed by atoms with Crippen molar-refractivity contribution in [2.75, 3.05) is 20.3 Å². The number of nitrogens with one attached hydrogen (secondary N) is 1. The molecule has 1 fully saturated rings. The van der Waals surface area contributed by atoms with E-state index in [4.69, 9.17) is 9.47 Å². The Morgan fingerprint density at radius 3 is 2.23 bits per heavy atom. The van der Waals surface area contributed by atoms with Crippen molar-refractivity contribution in [2.24, 2.45) is 11.8 Å². The first-order valence-corrected chi connectivity index (χ1v) is 7.26. The zero-order chi connectivity index (χ0) is 16.7. The quantitative estimate of drug-likeness (QED) is 0.465. The summed E-state index contributed by atoms with van der Waals surface area (Å²) in [6.07, 6.45) is 1.24. The van der Waals surface area contributed by atoms with E-state index in [0.29, 0.717) is 31.8 Å². The second-order valence-corrected chi connectivity index (χ2v) is 5.36. The molecule has 1 saturated heterocycles. The van der Waals surface area contributed by atoms with Crippen molar-refractivity contribution in [2.45, 2.75) is 33.6 Å². The molecule has 0 aromatic carbocycles. The summed E-state index contributed by atoms with van der Waals surface area (Å²) in [4.78, 5) is 35.3. The van der Waals surface area contributed by atoms with Gasteiger partial charge in [-0.1, -0.05) is 13.8 Å². The molecule has 0 spiro atoms. The van der Waals surface area contributed by atoms with Gasteiger partial charge in [-0.05, 0) is 12.8 Å². The van der Waals surface area contributed by atoms with Crippen LogP contribution >= 0.6 is 0 Å². The molecule has 0 bridgehead atoms. The van der Waals surface area contributed by atoms with E-state index < -0.39 is 11.9 Å². The second kappa shape index (κ2) is 8.53. The summed E-state index contributed by atoms with van der Waals surface area (Å²) < 4.78 is 15.0. The third-order valence-electron chi connectivity index (χ3n) is 3.27. The van der Waals surface area contributed by atoms with Crippen LogP contribution in [0, 0.1) is 11.8 Å². The van der Waals surface area contributed by atoms with E-state index in [1.807, 2.05) is 0 Å². The summed E-state index contributed by atoms with van der Waals surface area (Å²) in [5.74, 6) is -2.36. The van der Waals surface area contributed by atoms with Gasteiger partial charge >= 0.3 is 11.9 Å². The first-order valence-electron chi connectivity index (χ1n) is 7.26. The molecule has 1 aliphatic heterocycles. The van der Waals surface area contributed by atoms with E-state index in [1.165, 1.54) is 14.0 Å². The van der Waals surface area contributed by atoms with Gasteiger partial charge in [0, 0.05) is 32.0 Å². The summed E-state index contributed by atoms with van der Waals surface area (Å²) in [6, 6.07) is 0. The average Bonchev–Trinajstić information content (AvgIpc) is 2.50. The zero-order valence-corrected chi connectivity index (χ0v) is 13.4. The molecule has 1 amide bonds. The summed E-state index contributed by atoms with van der Waals surface area (Å²) in [5.41, 5.74) is 0.295. The molecule has 0 aromatic rings. The van der Waals surface area contributed by atoms with Crippen molar-refractivity contribution in [3.63, 3.8) is 0 Å². The summed E-state index contributed by atoms with van der Waals surface area (Å²) in [7, 11) is 1.19. The molecule has 0 radical (unpaired) electrons. The molecular weight excluding hydrogens is 290 g/mol. The van der Waals surface area contributed by atoms with Gasteiger partial charge in [-0.25, -0.2) is 4.79 Å². The molecule has 0 atom stereocenters. The van der Waals surface area contributed by atoms with Crippen LogP contribution < -0.4 is 5.32 Å². The molecule has 1 heterocycles. The smallest absolute Gasteiger partial charge is 0.375 e. The van der Waals surface area contributed by atoms with Crippen molar-refractivity contribution < 1.29 is 28.6 Å². The number of ether oxygens (including phenoxy) is 3. The minimum atomic E-state index is -0.791. The van der Waals surface area contributed by atoms with Crippen LogP contribution in [0.15, 0.2) is 11.5 Å². The van der Waals surface area contributed by atoms with Gasteiger partial charge in [0.25, 0.3) is 0 Å². The fourth-order valence-electron chi connectivity index (χ4n) is 2.05. The van der Waals surface area contributed by atoms with E-state index in [2.05, 4.69) is 10.1 Å². The van der Waals surface area contributed by atoms with Crippen molar-refractivity contribution >= 4 is 17.8 Å². The normalized spacial score (nSPS) is 16.8. The van der Waals surface area contributed by atoms with Crippen molar-refractivity contribution in [1.82, 2.24) is 5.32 Å². The van der Waals surface area contributed by atoms with Gasteiger partial charge in [0.15, 0.2) is 0 Å². The van der Waals surface area contributed by atoms with E-state index in [0.717, 1.165) is 0 Å². The van der Waals surface area contributed by atoms with Gasteiger partial charge in [-0.15, -0.1) is 0 Å². The standard InChI is InChI=1S/C15H23NO6/c1-9(2)14(18)16-12(11-5-7-21-8-6-11)13(15(19)20-4)22-10(3)17/h9,11H,5-8H2,1-4H3,(H,16,18)/b13-12+. The highest BCUT2D eigenvalue weighted by Gasteiger charge is 2.29. The first kappa shape index (κ1) is 18.2. The monoisotopic (exact) mass is 313 g/mol. The molecule has 0 aliphatic carbocycles. The predicted octanol–water partition coefficient (Wildman–Crippen LogP) is 1.13. The lowest BCUT2D eigenvalue weighted by atomic mass is 9.94. The number of allylic oxidation sites excluding steroid dienone is 1. The number of carbonyl (C=O) groups is 3. The van der Waals surface area contributed by atoms with Crippen LogP contribution in [0.2, 0.25) is 0 Å². The lowest BCUT2D eigenvalue weighted by Gasteiger charge is -2.26. The number of esters is 2. The Morgan fingerprint density at radius 2 is 1.77 bits per heavy atom. The SMILES string of the molecule is COC(=O)/C(OC(C)=O)=C(\NC(=O)C(C)C)C1CCOCC1. The summed E-state index contributed by atoms with van der Waals surface area (Å²) in [5, 5.41) is 2.71. The van der Waals surface area contributed by atoms with Gasteiger partial charge in [-0.3, -0.25) is 9.59 Å². The van der Waals surface area contributed by atoms with Crippen LogP contribution in [0.5, 0.6) is 0 Å². The van der Waals surface area contributed by atoms with Crippen LogP contribution in [-0.4, -0.2) is 38.2 Å². The Morgan fingerprint density at radius 1 is 1.18 bits per heavy atom. The minimum Gasteiger partial charge on any atom is -0.463 e. The topological polar surface area (TPSA) is 90.9 Å². The second-order valence-electron chi connectivity index (χ2n) is 5.36. The molecule has 1 rings (SSSR count). The van der Waals surface area contributed by atoms with Gasteiger partial charge in [0.1, 0.15) is 0 Å². The number of carbonyl (C=O) groups excluding carboxylic acids is 3. The number of amides is 1. The first-order chi connectivity index (χ1) is 10.4. The number of hydrogen-bond acceptors (Lipinski definition) is 6. The highest BCUT2D eigenvalue weighted by atomic mass is 16.6. The fourth-order valence-corrected chi connectivity index (χ4v) is 2.05. The Labute approximate surface area is 130 Å². The maximum Gasteiger partial charge on any atom is 0.375 e. The van der Waals surface area contributed by atoms with Crippen molar-refractivity contribution in [3.8, 4) is 0 Å².